The van der Waals surface area contributed by atoms with Crippen LogP contribution in [0.4, 0.5) is 4.79 Å². The fourth-order valence-corrected chi connectivity index (χ4v) is 2.31. The first kappa shape index (κ1) is 14.1. The third-order valence-corrected chi connectivity index (χ3v) is 3.48. The van der Waals surface area contributed by atoms with E-state index in [0.29, 0.717) is 15.6 Å². The van der Waals surface area contributed by atoms with Crippen molar-refractivity contribution >= 4 is 35.1 Å². The topological polar surface area (TPSA) is 60.9 Å². The van der Waals surface area contributed by atoms with E-state index in [0.717, 1.165) is 4.90 Å². The number of nitrogens with zero attached hydrogens (tertiary/aromatic N) is 2. The van der Waals surface area contributed by atoms with Gasteiger partial charge in [-0.25, -0.2) is 4.79 Å². The van der Waals surface area contributed by atoms with Crippen LogP contribution < -0.4 is 0 Å². The van der Waals surface area contributed by atoms with E-state index in [2.05, 4.69) is 0 Å². The molecule has 102 valence electrons. The van der Waals surface area contributed by atoms with Gasteiger partial charge in [0.2, 0.25) is 5.91 Å². The lowest BCUT2D eigenvalue weighted by Crippen LogP contribution is -2.35. The Labute approximate surface area is 120 Å². The minimum absolute atomic E-state index is 0.0227. The monoisotopic (exact) mass is 302 g/mol. The lowest BCUT2D eigenvalue weighted by molar-refractivity contribution is -0.126. The first-order valence-electron chi connectivity index (χ1n) is 5.58. The number of halogens is 2. The van der Waals surface area contributed by atoms with Crippen LogP contribution >= 0.6 is 23.2 Å². The molecule has 1 aliphatic heterocycles. The molecule has 1 atom stereocenters. The summed E-state index contributed by atoms with van der Waals surface area (Å²) in [5.41, 5.74) is 0.393. The van der Waals surface area contributed by atoms with E-state index in [4.69, 9.17) is 23.2 Å². The maximum Gasteiger partial charge on any atom is 0.327 e. The molecule has 1 aromatic rings. The molecule has 0 spiro atoms. The van der Waals surface area contributed by atoms with Gasteiger partial charge in [0.1, 0.15) is 6.54 Å². The molecule has 0 aliphatic carbocycles. The number of benzene rings is 1. The van der Waals surface area contributed by atoms with Gasteiger partial charge in [-0.3, -0.25) is 9.69 Å². The van der Waals surface area contributed by atoms with Crippen LogP contribution in [0.1, 0.15) is 11.7 Å². The molecule has 1 N–H and O–H groups in total. The zero-order valence-electron chi connectivity index (χ0n) is 10.1. The summed E-state index contributed by atoms with van der Waals surface area (Å²) in [6.45, 7) is -0.114. The Bertz CT molecular complexity index is 536. The van der Waals surface area contributed by atoms with Crippen LogP contribution in [0.15, 0.2) is 18.2 Å². The van der Waals surface area contributed by atoms with Gasteiger partial charge in [-0.05, 0) is 18.2 Å². The predicted octanol–water partition coefficient (Wildman–Crippen LogP) is 1.92. The van der Waals surface area contributed by atoms with Crippen molar-refractivity contribution in [1.29, 1.82) is 0 Å². The number of aliphatic hydroxyl groups excluding tert-OH is 1. The molecule has 7 heteroatoms. The SMILES string of the molecule is CN1CC(=O)N(CC(O)c2cc(Cl)ccc2Cl)C1=O. The van der Waals surface area contributed by atoms with Gasteiger partial charge in [-0.1, -0.05) is 23.2 Å². The molecule has 0 saturated carbocycles. The maximum absolute atomic E-state index is 11.7. The Morgan fingerprint density at radius 2 is 2.05 bits per heavy atom. The van der Waals surface area contributed by atoms with E-state index < -0.39 is 12.1 Å². The molecule has 3 amide bonds. The summed E-state index contributed by atoms with van der Waals surface area (Å²) in [6, 6.07) is 4.24. The predicted molar refractivity (Wildman–Crippen MR) is 71.2 cm³/mol. The minimum atomic E-state index is -1.06. The normalized spacial score (nSPS) is 17.3. The molecule has 1 saturated heterocycles. The number of imide groups is 1. The molecule has 1 unspecified atom stereocenters. The van der Waals surface area contributed by atoms with E-state index >= 15 is 0 Å². The number of likely N-dealkylation sites (N-methyl/N-ethyl adjacent to an activating group) is 1. The number of urea groups is 1. The standard InChI is InChI=1S/C12H12Cl2N2O3/c1-15-6-11(18)16(12(15)19)5-10(17)8-4-7(13)2-3-9(8)14/h2-4,10,17H,5-6H2,1H3. The lowest BCUT2D eigenvalue weighted by atomic mass is 10.1. The molecule has 0 bridgehead atoms. The molecule has 1 heterocycles. The molecule has 19 heavy (non-hydrogen) atoms. The zero-order chi connectivity index (χ0) is 14.2. The fourth-order valence-electron chi connectivity index (χ4n) is 1.89. The van der Waals surface area contributed by atoms with Crippen molar-refractivity contribution in [2.75, 3.05) is 20.1 Å². The quantitative estimate of drug-likeness (QED) is 0.868. The summed E-state index contributed by atoms with van der Waals surface area (Å²) in [7, 11) is 1.53. The Hall–Kier alpha value is -1.30. The molecule has 0 radical (unpaired) electrons. The maximum atomic E-state index is 11.7. The van der Waals surface area contributed by atoms with Crippen LogP contribution in [0.3, 0.4) is 0 Å². The van der Waals surface area contributed by atoms with E-state index in [9.17, 15) is 14.7 Å². The van der Waals surface area contributed by atoms with Crippen molar-refractivity contribution in [3.05, 3.63) is 33.8 Å². The number of hydrogen-bond donors (Lipinski definition) is 1. The Morgan fingerprint density at radius 1 is 1.37 bits per heavy atom. The highest BCUT2D eigenvalue weighted by Crippen LogP contribution is 2.27. The van der Waals surface area contributed by atoms with Crippen molar-refractivity contribution in [2.24, 2.45) is 0 Å². The molecular weight excluding hydrogens is 291 g/mol. The molecule has 1 aliphatic rings. The fraction of sp³-hybridized carbons (Fsp3) is 0.333. The highest BCUT2D eigenvalue weighted by molar-refractivity contribution is 6.33. The van der Waals surface area contributed by atoms with Crippen molar-refractivity contribution in [2.45, 2.75) is 6.10 Å². The number of rotatable bonds is 3. The second-order valence-electron chi connectivity index (χ2n) is 4.32. The van der Waals surface area contributed by atoms with Crippen LogP contribution in [0.5, 0.6) is 0 Å². The third-order valence-electron chi connectivity index (χ3n) is 2.90. The van der Waals surface area contributed by atoms with E-state index in [1.807, 2.05) is 0 Å². The molecule has 1 aromatic carbocycles. The van der Waals surface area contributed by atoms with Crippen LogP contribution in [-0.2, 0) is 4.79 Å². The minimum Gasteiger partial charge on any atom is -0.386 e. The second-order valence-corrected chi connectivity index (χ2v) is 5.17. The van der Waals surface area contributed by atoms with Gasteiger partial charge in [0.25, 0.3) is 0 Å². The lowest BCUT2D eigenvalue weighted by Gasteiger charge is -2.19. The third kappa shape index (κ3) is 2.83. The first-order chi connectivity index (χ1) is 8.90. The van der Waals surface area contributed by atoms with Gasteiger partial charge in [0.05, 0.1) is 12.6 Å². The first-order valence-corrected chi connectivity index (χ1v) is 6.34. The summed E-state index contributed by atoms with van der Waals surface area (Å²) >= 11 is 11.8. The van der Waals surface area contributed by atoms with Crippen molar-refractivity contribution in [1.82, 2.24) is 9.80 Å². The Balaban J connectivity index is 2.17. The number of β-amino-alcohol motifs (C(OH)–C–C–N with tert-alkyl or cyclic N) is 1. The van der Waals surface area contributed by atoms with Gasteiger partial charge in [0, 0.05) is 22.7 Å². The summed E-state index contributed by atoms with van der Waals surface area (Å²) in [4.78, 5) is 25.6. The molecular formula is C12H12Cl2N2O3. The summed E-state index contributed by atoms with van der Waals surface area (Å²) in [6.07, 6.45) is -1.06. The highest BCUT2D eigenvalue weighted by Gasteiger charge is 2.35. The number of carbonyl (C=O) groups is 2. The largest absolute Gasteiger partial charge is 0.386 e. The smallest absolute Gasteiger partial charge is 0.327 e. The van der Waals surface area contributed by atoms with Gasteiger partial charge >= 0.3 is 6.03 Å². The molecule has 2 rings (SSSR count). The van der Waals surface area contributed by atoms with Gasteiger partial charge in [-0.2, -0.15) is 0 Å². The van der Waals surface area contributed by atoms with Gasteiger partial charge in [0.15, 0.2) is 0 Å². The second kappa shape index (κ2) is 5.36. The Kier molecular flexibility index (Phi) is 3.99. The van der Waals surface area contributed by atoms with E-state index in [-0.39, 0.29) is 19.0 Å². The van der Waals surface area contributed by atoms with E-state index in [1.54, 1.807) is 12.1 Å². The Morgan fingerprint density at radius 3 is 2.63 bits per heavy atom. The molecule has 1 fully saturated rings. The summed E-state index contributed by atoms with van der Waals surface area (Å²) < 4.78 is 0. The number of carbonyl (C=O) groups excluding carboxylic acids is 2. The van der Waals surface area contributed by atoms with Crippen LogP contribution in [0.2, 0.25) is 10.0 Å². The van der Waals surface area contributed by atoms with Crippen LogP contribution in [-0.4, -0.2) is 47.0 Å². The molecule has 5 nitrogen and oxygen atoms in total. The number of amides is 3. The average Bonchev–Trinajstić information content (AvgIpc) is 2.59. The van der Waals surface area contributed by atoms with Gasteiger partial charge < -0.3 is 10.0 Å². The van der Waals surface area contributed by atoms with Gasteiger partial charge in [-0.15, -0.1) is 0 Å². The summed E-state index contributed by atoms with van der Waals surface area (Å²) in [5.74, 6) is -0.343. The zero-order valence-corrected chi connectivity index (χ0v) is 11.6. The van der Waals surface area contributed by atoms with Crippen molar-refractivity contribution in [3.63, 3.8) is 0 Å². The number of aliphatic hydroxyl groups is 1. The number of hydrogen-bond acceptors (Lipinski definition) is 3. The highest BCUT2D eigenvalue weighted by atomic mass is 35.5. The summed E-state index contributed by atoms with van der Waals surface area (Å²) in [5, 5.41) is 10.9. The van der Waals surface area contributed by atoms with Crippen molar-refractivity contribution in [3.8, 4) is 0 Å². The van der Waals surface area contributed by atoms with Crippen LogP contribution in [0.25, 0.3) is 0 Å². The van der Waals surface area contributed by atoms with Crippen LogP contribution in [0, 0.1) is 0 Å². The average molecular weight is 303 g/mol. The van der Waals surface area contributed by atoms with Crippen molar-refractivity contribution < 1.29 is 14.7 Å². The molecule has 0 aromatic heterocycles. The van der Waals surface area contributed by atoms with E-state index in [1.165, 1.54) is 18.0 Å².